The summed E-state index contributed by atoms with van der Waals surface area (Å²) in [6.07, 6.45) is 2.58. The SMILES string of the molecule is CC[Si](CC)(CC)OC(C)(C)[C@@H]1CC[C@H](C)[C@]12CO2. The van der Waals surface area contributed by atoms with Crippen LogP contribution in [0.3, 0.4) is 0 Å². The lowest BCUT2D eigenvalue weighted by atomic mass is 9.80. The summed E-state index contributed by atoms with van der Waals surface area (Å²) >= 11 is 0. The van der Waals surface area contributed by atoms with Gasteiger partial charge in [0.15, 0.2) is 8.32 Å². The predicted octanol–water partition coefficient (Wildman–Crippen LogP) is 4.60. The summed E-state index contributed by atoms with van der Waals surface area (Å²) in [5.74, 6) is 1.30. The quantitative estimate of drug-likeness (QED) is 0.525. The minimum Gasteiger partial charge on any atom is -0.412 e. The molecule has 2 aliphatic rings. The Labute approximate surface area is 120 Å². The monoisotopic (exact) mass is 284 g/mol. The highest BCUT2D eigenvalue weighted by Gasteiger charge is 2.63. The number of hydrogen-bond donors (Lipinski definition) is 0. The molecular weight excluding hydrogens is 252 g/mol. The average Bonchev–Trinajstić information content (AvgIpc) is 3.10. The van der Waals surface area contributed by atoms with Crippen LogP contribution in [0.5, 0.6) is 0 Å². The molecule has 19 heavy (non-hydrogen) atoms. The Morgan fingerprint density at radius 2 is 1.68 bits per heavy atom. The van der Waals surface area contributed by atoms with Gasteiger partial charge in [-0.1, -0.05) is 27.7 Å². The van der Waals surface area contributed by atoms with Crippen molar-refractivity contribution < 1.29 is 9.16 Å². The molecule has 3 atom stereocenters. The molecule has 1 spiro atoms. The van der Waals surface area contributed by atoms with Gasteiger partial charge in [0, 0.05) is 5.92 Å². The molecule has 0 amide bonds. The molecule has 3 heteroatoms. The molecule has 0 aromatic carbocycles. The van der Waals surface area contributed by atoms with Gasteiger partial charge in [0.25, 0.3) is 0 Å². The zero-order valence-electron chi connectivity index (χ0n) is 13.7. The molecule has 0 aromatic rings. The van der Waals surface area contributed by atoms with E-state index in [1.54, 1.807) is 0 Å². The van der Waals surface area contributed by atoms with E-state index in [9.17, 15) is 0 Å². The fourth-order valence-electron chi connectivity index (χ4n) is 4.35. The summed E-state index contributed by atoms with van der Waals surface area (Å²) in [4.78, 5) is 0. The maximum absolute atomic E-state index is 6.84. The van der Waals surface area contributed by atoms with Crippen molar-refractivity contribution in [2.45, 2.75) is 83.7 Å². The highest BCUT2D eigenvalue weighted by Crippen LogP contribution is 2.56. The lowest BCUT2D eigenvalue weighted by Crippen LogP contribution is -2.51. The van der Waals surface area contributed by atoms with Crippen LogP contribution in [-0.2, 0) is 9.16 Å². The van der Waals surface area contributed by atoms with Gasteiger partial charge >= 0.3 is 0 Å². The van der Waals surface area contributed by atoms with Gasteiger partial charge in [0.05, 0.1) is 17.8 Å². The van der Waals surface area contributed by atoms with Gasteiger partial charge in [-0.05, 0) is 50.7 Å². The van der Waals surface area contributed by atoms with E-state index in [1.165, 1.54) is 31.0 Å². The zero-order chi connectivity index (χ0) is 14.3. The highest BCUT2D eigenvalue weighted by atomic mass is 28.4. The van der Waals surface area contributed by atoms with Gasteiger partial charge < -0.3 is 9.16 Å². The van der Waals surface area contributed by atoms with Crippen LogP contribution in [-0.4, -0.2) is 26.1 Å². The molecule has 0 bridgehead atoms. The van der Waals surface area contributed by atoms with Gasteiger partial charge in [-0.15, -0.1) is 0 Å². The molecule has 0 N–H and O–H groups in total. The van der Waals surface area contributed by atoms with E-state index in [1.807, 2.05) is 0 Å². The largest absolute Gasteiger partial charge is 0.412 e. The maximum atomic E-state index is 6.84. The first kappa shape index (κ1) is 15.5. The van der Waals surface area contributed by atoms with E-state index in [-0.39, 0.29) is 11.2 Å². The van der Waals surface area contributed by atoms with Crippen molar-refractivity contribution in [2.75, 3.05) is 6.61 Å². The van der Waals surface area contributed by atoms with Crippen LogP contribution in [0.25, 0.3) is 0 Å². The minimum absolute atomic E-state index is 0.0183. The van der Waals surface area contributed by atoms with E-state index in [0.717, 1.165) is 6.61 Å². The van der Waals surface area contributed by atoms with E-state index in [4.69, 9.17) is 9.16 Å². The Balaban J connectivity index is 2.14. The van der Waals surface area contributed by atoms with Crippen LogP contribution >= 0.6 is 0 Å². The fraction of sp³-hybridized carbons (Fsp3) is 1.00. The molecule has 0 unspecified atom stereocenters. The molecule has 1 saturated carbocycles. The van der Waals surface area contributed by atoms with E-state index < -0.39 is 8.32 Å². The summed E-state index contributed by atoms with van der Waals surface area (Å²) in [7, 11) is -1.53. The molecular formula is C16H32O2Si. The number of rotatable bonds is 6. The first-order chi connectivity index (χ1) is 8.86. The van der Waals surface area contributed by atoms with Gasteiger partial charge in [-0.2, -0.15) is 0 Å². The van der Waals surface area contributed by atoms with Gasteiger partial charge in [-0.25, -0.2) is 0 Å². The number of ether oxygens (including phenoxy) is 1. The summed E-state index contributed by atoms with van der Waals surface area (Å²) in [5, 5.41) is 0. The van der Waals surface area contributed by atoms with Crippen LogP contribution in [0.1, 0.15) is 54.4 Å². The van der Waals surface area contributed by atoms with Crippen molar-refractivity contribution >= 4 is 8.32 Å². The van der Waals surface area contributed by atoms with Crippen molar-refractivity contribution in [3.8, 4) is 0 Å². The van der Waals surface area contributed by atoms with Crippen LogP contribution in [0.2, 0.25) is 18.1 Å². The van der Waals surface area contributed by atoms with Crippen molar-refractivity contribution in [3.05, 3.63) is 0 Å². The van der Waals surface area contributed by atoms with Crippen LogP contribution in [0.15, 0.2) is 0 Å². The Kier molecular flexibility index (Phi) is 4.21. The molecule has 1 heterocycles. The van der Waals surface area contributed by atoms with Crippen molar-refractivity contribution in [1.82, 2.24) is 0 Å². The molecule has 112 valence electrons. The van der Waals surface area contributed by atoms with Crippen LogP contribution in [0, 0.1) is 11.8 Å². The Morgan fingerprint density at radius 1 is 1.16 bits per heavy atom. The van der Waals surface area contributed by atoms with E-state index >= 15 is 0 Å². The smallest absolute Gasteiger partial charge is 0.192 e. The highest BCUT2D eigenvalue weighted by molar-refractivity contribution is 6.73. The first-order valence-corrected chi connectivity index (χ1v) is 10.7. The summed E-state index contributed by atoms with van der Waals surface area (Å²) in [5.41, 5.74) is 0.147. The van der Waals surface area contributed by atoms with Crippen molar-refractivity contribution in [2.24, 2.45) is 11.8 Å². The molecule has 2 rings (SSSR count). The zero-order valence-corrected chi connectivity index (χ0v) is 14.7. The summed E-state index contributed by atoms with van der Waals surface area (Å²) in [6, 6.07) is 3.71. The summed E-state index contributed by atoms with van der Waals surface area (Å²) in [6.45, 7) is 14.9. The first-order valence-electron chi connectivity index (χ1n) is 8.20. The molecule has 2 fully saturated rings. The third kappa shape index (κ3) is 2.54. The normalized spacial score (nSPS) is 35.1. The van der Waals surface area contributed by atoms with Crippen molar-refractivity contribution in [3.63, 3.8) is 0 Å². The van der Waals surface area contributed by atoms with Crippen LogP contribution in [0.4, 0.5) is 0 Å². The molecule has 0 aromatic heterocycles. The predicted molar refractivity (Wildman–Crippen MR) is 82.9 cm³/mol. The second-order valence-corrected chi connectivity index (χ2v) is 11.9. The molecule has 0 radical (unpaired) electrons. The van der Waals surface area contributed by atoms with Gasteiger partial charge in [0.1, 0.15) is 0 Å². The number of hydrogen-bond acceptors (Lipinski definition) is 2. The molecule has 1 aliphatic carbocycles. The van der Waals surface area contributed by atoms with Gasteiger partial charge in [-0.3, -0.25) is 0 Å². The standard InChI is InChI=1S/C16H32O2Si/c1-7-19(8-2,9-3)18-15(5,6)14-11-10-13(4)16(14)12-17-16/h13-14H,7-12H2,1-6H3/t13-,14-,16+/m0/s1. The fourth-order valence-corrected chi connectivity index (χ4v) is 7.54. The Bertz CT molecular complexity index is 310. The molecule has 1 aliphatic heterocycles. The third-order valence-electron chi connectivity index (χ3n) is 6.04. The summed E-state index contributed by atoms with van der Waals surface area (Å²) < 4.78 is 12.8. The second kappa shape index (κ2) is 5.16. The second-order valence-electron chi connectivity index (χ2n) is 7.22. The Hall–Kier alpha value is 0.137. The molecule has 2 nitrogen and oxygen atoms in total. The third-order valence-corrected chi connectivity index (χ3v) is 10.9. The maximum Gasteiger partial charge on any atom is 0.192 e. The minimum atomic E-state index is -1.53. The topological polar surface area (TPSA) is 21.8 Å². The van der Waals surface area contributed by atoms with Crippen molar-refractivity contribution in [1.29, 1.82) is 0 Å². The lowest BCUT2D eigenvalue weighted by Gasteiger charge is -2.43. The molecule has 1 saturated heterocycles. The van der Waals surface area contributed by atoms with E-state index in [2.05, 4.69) is 41.5 Å². The Morgan fingerprint density at radius 3 is 2.11 bits per heavy atom. The number of epoxide rings is 1. The van der Waals surface area contributed by atoms with E-state index in [0.29, 0.717) is 11.8 Å². The lowest BCUT2D eigenvalue weighted by molar-refractivity contribution is -0.00239. The van der Waals surface area contributed by atoms with Crippen LogP contribution < -0.4 is 0 Å². The average molecular weight is 285 g/mol. The van der Waals surface area contributed by atoms with Gasteiger partial charge in [0.2, 0.25) is 0 Å².